The summed E-state index contributed by atoms with van der Waals surface area (Å²) in [5.74, 6) is -3.79. The Labute approximate surface area is 191 Å². The van der Waals surface area contributed by atoms with Gasteiger partial charge in [-0.15, -0.1) is 0 Å². The van der Waals surface area contributed by atoms with Crippen LogP contribution in [-0.4, -0.2) is 82.6 Å². The zero-order valence-electron chi connectivity index (χ0n) is 18.5. The molecule has 32 heavy (non-hydrogen) atoms. The maximum Gasteiger partial charge on any atom is 0.326 e. The molecule has 0 saturated heterocycles. The van der Waals surface area contributed by atoms with Crippen LogP contribution in [0.4, 0.5) is 0 Å². The lowest BCUT2D eigenvalue weighted by Crippen LogP contribution is -2.56. The van der Waals surface area contributed by atoms with Gasteiger partial charge < -0.3 is 37.6 Å². The predicted molar refractivity (Wildman–Crippen MR) is 120 cm³/mol. The van der Waals surface area contributed by atoms with Crippen LogP contribution < -0.4 is 27.4 Å². The first kappa shape index (κ1) is 29.6. The number of unbranched alkanes of at least 4 members (excludes halogenated alkanes) is 1. The van der Waals surface area contributed by atoms with Gasteiger partial charge in [0.2, 0.25) is 17.7 Å². The van der Waals surface area contributed by atoms with Gasteiger partial charge in [0, 0.05) is 6.42 Å². The predicted octanol–water partition coefficient (Wildman–Crippen LogP) is -1.38. The van der Waals surface area contributed by atoms with Gasteiger partial charge in [-0.25, -0.2) is 4.79 Å². The minimum Gasteiger partial charge on any atom is -0.481 e. The highest BCUT2D eigenvalue weighted by atomic mass is 32.2. The molecule has 9 N–H and O–H groups in total. The van der Waals surface area contributed by atoms with Crippen LogP contribution in [0, 0.1) is 0 Å². The molecule has 0 fully saturated rings. The lowest BCUT2D eigenvalue weighted by molar-refractivity contribution is -0.143. The van der Waals surface area contributed by atoms with E-state index in [2.05, 4.69) is 16.0 Å². The summed E-state index contributed by atoms with van der Waals surface area (Å²) in [7, 11) is 0. The highest BCUT2D eigenvalue weighted by Crippen LogP contribution is 2.05. The fourth-order valence-corrected chi connectivity index (χ4v) is 3.11. The largest absolute Gasteiger partial charge is 0.481 e. The smallest absolute Gasteiger partial charge is 0.326 e. The van der Waals surface area contributed by atoms with Gasteiger partial charge in [-0.3, -0.25) is 19.2 Å². The Morgan fingerprint density at radius 3 is 2.03 bits per heavy atom. The van der Waals surface area contributed by atoms with E-state index in [0.717, 1.165) is 0 Å². The van der Waals surface area contributed by atoms with Crippen molar-refractivity contribution in [3.63, 3.8) is 0 Å². The fraction of sp³-hybridized carbons (Fsp3) is 0.737. The second-order valence-electron chi connectivity index (χ2n) is 7.30. The second-order valence-corrected chi connectivity index (χ2v) is 8.28. The van der Waals surface area contributed by atoms with Crippen molar-refractivity contribution < 1.29 is 34.2 Å². The second kappa shape index (κ2) is 16.3. The molecule has 0 radical (unpaired) electrons. The summed E-state index contributed by atoms with van der Waals surface area (Å²) < 4.78 is 0. The maximum atomic E-state index is 12.6. The number of carboxylic acids is 2. The number of rotatable bonds is 17. The van der Waals surface area contributed by atoms with Crippen LogP contribution >= 0.6 is 11.8 Å². The van der Waals surface area contributed by atoms with E-state index in [1.807, 2.05) is 6.26 Å². The van der Waals surface area contributed by atoms with Crippen molar-refractivity contribution in [1.29, 1.82) is 0 Å². The molecule has 0 aliphatic heterocycles. The van der Waals surface area contributed by atoms with Gasteiger partial charge in [-0.1, -0.05) is 0 Å². The van der Waals surface area contributed by atoms with Crippen molar-refractivity contribution >= 4 is 41.4 Å². The minimum absolute atomic E-state index is 0.188. The average Bonchev–Trinajstić information content (AvgIpc) is 2.73. The Morgan fingerprint density at radius 1 is 0.875 bits per heavy atom. The van der Waals surface area contributed by atoms with Crippen LogP contribution in [0.3, 0.4) is 0 Å². The zero-order chi connectivity index (χ0) is 24.7. The highest BCUT2D eigenvalue weighted by Gasteiger charge is 2.28. The number of carboxylic acid groups (broad SMARTS) is 2. The molecule has 0 heterocycles. The lowest BCUT2D eigenvalue weighted by Gasteiger charge is -2.23. The van der Waals surface area contributed by atoms with Gasteiger partial charge in [0.25, 0.3) is 0 Å². The first-order valence-corrected chi connectivity index (χ1v) is 11.7. The molecule has 4 unspecified atom stereocenters. The molecule has 4 atom stereocenters. The first-order chi connectivity index (χ1) is 15.0. The van der Waals surface area contributed by atoms with Crippen molar-refractivity contribution in [2.75, 3.05) is 18.6 Å². The van der Waals surface area contributed by atoms with E-state index in [4.69, 9.17) is 16.6 Å². The van der Waals surface area contributed by atoms with Crippen LogP contribution in [0.1, 0.15) is 45.4 Å². The molecular weight excluding hydrogens is 442 g/mol. The van der Waals surface area contributed by atoms with Gasteiger partial charge in [0.15, 0.2) is 0 Å². The van der Waals surface area contributed by atoms with Gasteiger partial charge in [0.1, 0.15) is 18.1 Å². The Bertz CT molecular complexity index is 650. The highest BCUT2D eigenvalue weighted by molar-refractivity contribution is 7.98. The van der Waals surface area contributed by atoms with Crippen LogP contribution in [0.25, 0.3) is 0 Å². The molecule has 0 aromatic rings. The summed E-state index contributed by atoms with van der Waals surface area (Å²) in [5, 5.41) is 25.3. The molecule has 12 nitrogen and oxygen atoms in total. The zero-order valence-corrected chi connectivity index (χ0v) is 19.3. The van der Waals surface area contributed by atoms with E-state index in [1.54, 1.807) is 0 Å². The number of nitrogens with two attached hydrogens (primary N) is 2. The summed E-state index contributed by atoms with van der Waals surface area (Å²) in [6.45, 7) is 1.81. The fourth-order valence-electron chi connectivity index (χ4n) is 2.62. The molecule has 0 aromatic carbocycles. The number of carbonyl (C=O) groups excluding carboxylic acids is 3. The Hall–Kier alpha value is -2.38. The Kier molecular flexibility index (Phi) is 15.1. The number of nitrogens with one attached hydrogen (secondary N) is 3. The molecule has 0 saturated carbocycles. The molecule has 0 aliphatic carbocycles. The van der Waals surface area contributed by atoms with Crippen molar-refractivity contribution in [3.05, 3.63) is 0 Å². The molecule has 3 amide bonds. The van der Waals surface area contributed by atoms with Gasteiger partial charge in [-0.2, -0.15) is 11.8 Å². The molecule has 13 heteroatoms. The third kappa shape index (κ3) is 12.5. The molecule has 0 rings (SSSR count). The Balaban J connectivity index is 5.09. The standard InChI is InChI=1S/C19H35N5O7S/c1-11(22-17(28)12(21)8-10-32-2)16(27)23-13(5-3-4-9-20)18(29)24-14(19(30)31)6-7-15(25)26/h11-14H,3-10,20-21H2,1-2H3,(H,22,28)(H,23,27)(H,24,29)(H,25,26)(H,30,31). The van der Waals surface area contributed by atoms with Crippen molar-refractivity contribution in [2.24, 2.45) is 11.5 Å². The molecule has 0 spiro atoms. The number of aliphatic carboxylic acids is 2. The molecule has 0 aliphatic rings. The topological polar surface area (TPSA) is 214 Å². The number of thioether (sulfide) groups is 1. The molecule has 0 bridgehead atoms. The third-order valence-electron chi connectivity index (χ3n) is 4.56. The number of carbonyl (C=O) groups is 5. The maximum absolute atomic E-state index is 12.6. The monoisotopic (exact) mass is 477 g/mol. The number of hydrogen-bond acceptors (Lipinski definition) is 8. The van der Waals surface area contributed by atoms with Crippen LogP contribution in [0.15, 0.2) is 0 Å². The van der Waals surface area contributed by atoms with E-state index in [1.165, 1.54) is 18.7 Å². The van der Waals surface area contributed by atoms with Gasteiger partial charge in [-0.05, 0) is 57.6 Å². The van der Waals surface area contributed by atoms with E-state index in [-0.39, 0.29) is 12.8 Å². The van der Waals surface area contributed by atoms with Crippen LogP contribution in [0.5, 0.6) is 0 Å². The summed E-state index contributed by atoms with van der Waals surface area (Å²) in [5.41, 5.74) is 11.2. The number of amides is 3. The molecule has 0 aromatic heterocycles. The molecular formula is C19H35N5O7S. The lowest BCUT2D eigenvalue weighted by atomic mass is 10.1. The van der Waals surface area contributed by atoms with Crippen LogP contribution in [0.2, 0.25) is 0 Å². The summed E-state index contributed by atoms with van der Waals surface area (Å²) in [6, 6.07) is -4.24. The quantitative estimate of drug-likeness (QED) is 0.122. The minimum atomic E-state index is -1.42. The first-order valence-electron chi connectivity index (χ1n) is 10.3. The van der Waals surface area contributed by atoms with E-state index in [0.29, 0.717) is 31.6 Å². The Morgan fingerprint density at radius 2 is 1.50 bits per heavy atom. The number of hydrogen-bond donors (Lipinski definition) is 7. The van der Waals surface area contributed by atoms with Crippen molar-refractivity contribution in [2.45, 2.75) is 69.6 Å². The average molecular weight is 478 g/mol. The third-order valence-corrected chi connectivity index (χ3v) is 5.21. The van der Waals surface area contributed by atoms with Gasteiger partial charge in [0.05, 0.1) is 6.04 Å². The van der Waals surface area contributed by atoms with Gasteiger partial charge >= 0.3 is 11.9 Å². The summed E-state index contributed by atoms with van der Waals surface area (Å²) >= 11 is 1.54. The van der Waals surface area contributed by atoms with Crippen molar-refractivity contribution in [3.8, 4) is 0 Å². The summed E-state index contributed by atoms with van der Waals surface area (Å²) in [4.78, 5) is 59.3. The summed E-state index contributed by atoms with van der Waals surface area (Å²) in [6.07, 6.45) is 2.83. The van der Waals surface area contributed by atoms with Crippen molar-refractivity contribution in [1.82, 2.24) is 16.0 Å². The SMILES string of the molecule is CSCCC(N)C(=O)NC(C)C(=O)NC(CCCCN)C(=O)NC(CCC(=O)O)C(=O)O. The molecule has 184 valence electrons. The van der Waals surface area contributed by atoms with E-state index in [9.17, 15) is 29.1 Å². The normalized spacial score (nSPS) is 14.5. The van der Waals surface area contributed by atoms with E-state index < -0.39 is 60.2 Å². The van der Waals surface area contributed by atoms with Crippen LogP contribution in [-0.2, 0) is 24.0 Å². The van der Waals surface area contributed by atoms with E-state index >= 15 is 0 Å².